The summed E-state index contributed by atoms with van der Waals surface area (Å²) in [6.45, 7) is 1.64. The van der Waals surface area contributed by atoms with Crippen molar-refractivity contribution in [1.29, 1.82) is 0 Å². The lowest BCUT2D eigenvalue weighted by Gasteiger charge is -2.23. The molecule has 0 saturated carbocycles. The van der Waals surface area contributed by atoms with Gasteiger partial charge < -0.3 is 10.4 Å². The Morgan fingerprint density at radius 3 is 2.57 bits per heavy atom. The number of hydrogen-bond acceptors (Lipinski definition) is 3. The maximum Gasteiger partial charge on any atom is 0.308 e. The van der Waals surface area contributed by atoms with Crippen LogP contribution in [0, 0.1) is 5.92 Å². The number of carboxylic acids is 1. The molecule has 0 fully saturated rings. The highest BCUT2D eigenvalue weighted by atomic mass is 16.4. The summed E-state index contributed by atoms with van der Waals surface area (Å²) >= 11 is 0. The van der Waals surface area contributed by atoms with Gasteiger partial charge in [-0.1, -0.05) is 30.3 Å². The molecule has 0 aliphatic rings. The number of amides is 1. The van der Waals surface area contributed by atoms with Crippen LogP contribution in [0.5, 0.6) is 0 Å². The van der Waals surface area contributed by atoms with Crippen LogP contribution in [0.2, 0.25) is 0 Å². The van der Waals surface area contributed by atoms with E-state index >= 15 is 0 Å². The third-order valence-corrected chi connectivity index (χ3v) is 3.23. The van der Waals surface area contributed by atoms with Crippen molar-refractivity contribution in [2.75, 3.05) is 0 Å². The van der Waals surface area contributed by atoms with Gasteiger partial charge in [0.05, 0.1) is 12.0 Å². The van der Waals surface area contributed by atoms with E-state index in [-0.39, 0.29) is 12.5 Å². The van der Waals surface area contributed by atoms with Crippen LogP contribution >= 0.6 is 0 Å². The molecule has 0 radical (unpaired) electrons. The van der Waals surface area contributed by atoms with Crippen LogP contribution in [0.25, 0.3) is 0 Å². The molecule has 1 aromatic heterocycles. The molecule has 0 aliphatic heterocycles. The van der Waals surface area contributed by atoms with Crippen molar-refractivity contribution in [3.05, 3.63) is 54.4 Å². The highest BCUT2D eigenvalue weighted by Gasteiger charge is 2.26. The number of benzene rings is 1. The van der Waals surface area contributed by atoms with Gasteiger partial charge in [-0.2, -0.15) is 5.10 Å². The fourth-order valence-electron chi connectivity index (χ4n) is 2.06. The van der Waals surface area contributed by atoms with Gasteiger partial charge in [0, 0.05) is 12.4 Å². The Morgan fingerprint density at radius 1 is 1.29 bits per heavy atom. The third-order valence-electron chi connectivity index (χ3n) is 3.23. The van der Waals surface area contributed by atoms with Gasteiger partial charge in [0.2, 0.25) is 5.91 Å². The molecule has 110 valence electrons. The molecule has 1 amide bonds. The van der Waals surface area contributed by atoms with Crippen molar-refractivity contribution in [2.24, 2.45) is 5.92 Å². The van der Waals surface area contributed by atoms with Gasteiger partial charge in [-0.25, -0.2) is 0 Å². The van der Waals surface area contributed by atoms with E-state index in [1.54, 1.807) is 37.5 Å². The number of aromatic nitrogens is 2. The number of hydrogen-bond donors (Lipinski definition) is 2. The summed E-state index contributed by atoms with van der Waals surface area (Å²) in [5.41, 5.74) is 0.765. The Morgan fingerprint density at radius 2 is 2.00 bits per heavy atom. The lowest BCUT2D eigenvalue weighted by atomic mass is 9.94. The molecule has 2 N–H and O–H groups in total. The second-order valence-electron chi connectivity index (χ2n) is 4.79. The fraction of sp³-hybridized carbons (Fsp3) is 0.267. The van der Waals surface area contributed by atoms with E-state index in [0.29, 0.717) is 0 Å². The van der Waals surface area contributed by atoms with Crippen LogP contribution in [0.4, 0.5) is 0 Å². The minimum absolute atomic E-state index is 0.0582. The lowest BCUT2D eigenvalue weighted by Crippen LogP contribution is -2.37. The molecule has 2 aromatic rings. The summed E-state index contributed by atoms with van der Waals surface area (Å²) < 4.78 is 1.49. The van der Waals surface area contributed by atoms with Gasteiger partial charge in [0.1, 0.15) is 6.54 Å². The number of carbonyl (C=O) groups excluding carboxylic acids is 1. The minimum atomic E-state index is -0.955. The number of nitrogens with one attached hydrogen (secondary N) is 1. The van der Waals surface area contributed by atoms with Gasteiger partial charge >= 0.3 is 5.97 Å². The topological polar surface area (TPSA) is 84.2 Å². The second-order valence-corrected chi connectivity index (χ2v) is 4.79. The molecule has 6 nitrogen and oxygen atoms in total. The standard InChI is InChI=1S/C15H17N3O3/c1-11(15(20)21)14(12-6-3-2-4-7-12)17-13(19)10-18-9-5-8-16-18/h2-9,11,14H,10H2,1H3,(H,17,19)(H,20,21). The number of carbonyl (C=O) groups is 2. The third kappa shape index (κ3) is 3.92. The highest BCUT2D eigenvalue weighted by molar-refractivity contribution is 5.78. The SMILES string of the molecule is CC(C(=O)O)C(NC(=O)Cn1cccn1)c1ccccc1. The van der Waals surface area contributed by atoms with Crippen LogP contribution in [0.15, 0.2) is 48.8 Å². The van der Waals surface area contributed by atoms with E-state index in [9.17, 15) is 14.7 Å². The summed E-state index contributed by atoms with van der Waals surface area (Å²) in [5, 5.41) is 15.9. The average Bonchev–Trinajstić information content (AvgIpc) is 2.97. The maximum absolute atomic E-state index is 12.1. The van der Waals surface area contributed by atoms with Crippen LogP contribution in [0.3, 0.4) is 0 Å². The molecule has 2 atom stereocenters. The van der Waals surface area contributed by atoms with Crippen molar-refractivity contribution in [3.8, 4) is 0 Å². The average molecular weight is 287 g/mol. The molecule has 6 heteroatoms. The van der Waals surface area contributed by atoms with Crippen molar-refractivity contribution in [1.82, 2.24) is 15.1 Å². The second kappa shape index (κ2) is 6.69. The smallest absolute Gasteiger partial charge is 0.308 e. The van der Waals surface area contributed by atoms with Gasteiger partial charge in [0.25, 0.3) is 0 Å². The predicted molar refractivity (Wildman–Crippen MR) is 76.4 cm³/mol. The summed E-state index contributed by atoms with van der Waals surface area (Å²) in [6.07, 6.45) is 3.26. The van der Waals surface area contributed by atoms with Crippen LogP contribution in [-0.4, -0.2) is 26.8 Å². The highest BCUT2D eigenvalue weighted by Crippen LogP contribution is 2.22. The Bertz CT molecular complexity index is 596. The van der Waals surface area contributed by atoms with Crippen LogP contribution in [-0.2, 0) is 16.1 Å². The quantitative estimate of drug-likeness (QED) is 0.842. The first-order valence-electron chi connectivity index (χ1n) is 6.62. The summed E-state index contributed by atoms with van der Waals surface area (Å²) in [4.78, 5) is 23.3. The maximum atomic E-state index is 12.1. The fourth-order valence-corrected chi connectivity index (χ4v) is 2.06. The predicted octanol–water partition coefficient (Wildman–Crippen LogP) is 1.46. The van der Waals surface area contributed by atoms with Crippen LogP contribution < -0.4 is 5.32 Å². The van der Waals surface area contributed by atoms with Crippen molar-refractivity contribution in [3.63, 3.8) is 0 Å². The lowest BCUT2D eigenvalue weighted by molar-refractivity contribution is -0.142. The number of aliphatic carboxylic acids is 1. The van der Waals surface area contributed by atoms with E-state index in [1.165, 1.54) is 4.68 Å². The van der Waals surface area contributed by atoms with Gasteiger partial charge in [-0.15, -0.1) is 0 Å². The molecule has 2 rings (SSSR count). The first-order valence-corrected chi connectivity index (χ1v) is 6.62. The monoisotopic (exact) mass is 287 g/mol. The zero-order valence-electron chi connectivity index (χ0n) is 11.6. The Hall–Kier alpha value is -2.63. The van der Waals surface area contributed by atoms with Gasteiger partial charge in [0.15, 0.2) is 0 Å². The van der Waals surface area contributed by atoms with E-state index in [0.717, 1.165) is 5.56 Å². The molecular formula is C15H17N3O3. The largest absolute Gasteiger partial charge is 0.481 e. The van der Waals surface area contributed by atoms with E-state index in [4.69, 9.17) is 0 Å². The molecule has 0 aliphatic carbocycles. The Balaban J connectivity index is 2.12. The molecule has 1 aromatic carbocycles. The van der Waals surface area contributed by atoms with Crippen molar-refractivity contribution >= 4 is 11.9 Å². The first kappa shape index (κ1) is 14.8. The molecular weight excluding hydrogens is 270 g/mol. The Kier molecular flexibility index (Phi) is 4.71. The zero-order valence-corrected chi connectivity index (χ0v) is 11.6. The molecule has 0 saturated heterocycles. The number of carboxylic acid groups (broad SMARTS) is 1. The van der Waals surface area contributed by atoms with Crippen molar-refractivity contribution in [2.45, 2.75) is 19.5 Å². The van der Waals surface area contributed by atoms with Gasteiger partial charge in [-0.05, 0) is 18.6 Å². The Labute approximate surface area is 122 Å². The molecule has 0 spiro atoms. The normalized spacial score (nSPS) is 13.4. The number of rotatable bonds is 6. The summed E-state index contributed by atoms with van der Waals surface area (Å²) in [7, 11) is 0. The molecule has 2 unspecified atom stereocenters. The van der Waals surface area contributed by atoms with Crippen molar-refractivity contribution < 1.29 is 14.7 Å². The van der Waals surface area contributed by atoms with E-state index < -0.39 is 17.9 Å². The van der Waals surface area contributed by atoms with Crippen LogP contribution in [0.1, 0.15) is 18.5 Å². The van der Waals surface area contributed by atoms with E-state index in [2.05, 4.69) is 10.4 Å². The zero-order chi connectivity index (χ0) is 15.2. The first-order chi connectivity index (χ1) is 10.1. The molecule has 21 heavy (non-hydrogen) atoms. The summed E-state index contributed by atoms with van der Waals surface area (Å²) in [6, 6.07) is 10.2. The summed E-state index contributed by atoms with van der Waals surface area (Å²) in [5.74, 6) is -1.96. The van der Waals surface area contributed by atoms with Gasteiger partial charge in [-0.3, -0.25) is 14.3 Å². The molecule has 0 bridgehead atoms. The minimum Gasteiger partial charge on any atom is -0.481 e. The number of nitrogens with zero attached hydrogens (tertiary/aromatic N) is 2. The molecule has 1 heterocycles. The van der Waals surface area contributed by atoms with E-state index in [1.807, 2.05) is 18.2 Å².